The number of hydrogen-bond donors (Lipinski definition) is 1. The summed E-state index contributed by atoms with van der Waals surface area (Å²) in [5.41, 5.74) is 1.23. The van der Waals surface area contributed by atoms with E-state index in [0.29, 0.717) is 12.0 Å². The molecule has 2 rings (SSSR count). The van der Waals surface area contributed by atoms with Gasteiger partial charge < -0.3 is 5.32 Å². The van der Waals surface area contributed by atoms with Crippen LogP contribution in [0.15, 0.2) is 22.7 Å². The van der Waals surface area contributed by atoms with Crippen molar-refractivity contribution in [1.82, 2.24) is 5.32 Å². The van der Waals surface area contributed by atoms with Crippen molar-refractivity contribution >= 4 is 27.5 Å². The van der Waals surface area contributed by atoms with E-state index < -0.39 is 0 Å². The van der Waals surface area contributed by atoms with Gasteiger partial charge in [0.1, 0.15) is 0 Å². The molecule has 0 heterocycles. The summed E-state index contributed by atoms with van der Waals surface area (Å²) in [5.74, 6) is 2.34. The molecule has 4 atom stereocenters. The topological polar surface area (TPSA) is 12.0 Å². The Hall–Kier alpha value is -0.0500. The molecule has 19 heavy (non-hydrogen) atoms. The van der Waals surface area contributed by atoms with Gasteiger partial charge in [0.15, 0.2) is 0 Å². The van der Waals surface area contributed by atoms with Crippen molar-refractivity contribution in [1.29, 1.82) is 0 Å². The molecular weight excluding hydrogens is 322 g/mol. The average molecular weight is 345 g/mol. The first kappa shape index (κ1) is 15.3. The summed E-state index contributed by atoms with van der Waals surface area (Å²) in [4.78, 5) is 0. The zero-order valence-electron chi connectivity index (χ0n) is 11.9. The fraction of sp³-hybridized carbons (Fsp3) is 0.625. The molecule has 1 aromatic rings. The lowest BCUT2D eigenvalue weighted by Gasteiger charge is -2.37. The molecule has 0 spiro atoms. The fourth-order valence-corrected chi connectivity index (χ4v) is 3.92. The van der Waals surface area contributed by atoms with Crippen LogP contribution < -0.4 is 5.32 Å². The van der Waals surface area contributed by atoms with Gasteiger partial charge in [0.05, 0.1) is 5.02 Å². The Kier molecular flexibility index (Phi) is 5.33. The molecule has 1 nitrogen and oxygen atoms in total. The predicted molar refractivity (Wildman–Crippen MR) is 86.6 cm³/mol. The van der Waals surface area contributed by atoms with Crippen molar-refractivity contribution in [3.8, 4) is 0 Å². The second kappa shape index (κ2) is 6.60. The highest BCUT2D eigenvalue weighted by Gasteiger charge is 2.31. The SMILES string of the molecule is CNC(c1cccc(Br)c1Cl)C1CCC(C)C(C)C1. The van der Waals surface area contributed by atoms with E-state index >= 15 is 0 Å². The van der Waals surface area contributed by atoms with E-state index in [1.54, 1.807) is 0 Å². The minimum absolute atomic E-state index is 0.361. The lowest BCUT2D eigenvalue weighted by atomic mass is 9.72. The van der Waals surface area contributed by atoms with Crippen molar-refractivity contribution in [3.05, 3.63) is 33.3 Å². The van der Waals surface area contributed by atoms with Crippen LogP contribution in [0, 0.1) is 17.8 Å². The Labute approximate surface area is 130 Å². The lowest BCUT2D eigenvalue weighted by Crippen LogP contribution is -2.31. The first-order chi connectivity index (χ1) is 9.04. The van der Waals surface area contributed by atoms with E-state index in [4.69, 9.17) is 11.6 Å². The summed E-state index contributed by atoms with van der Waals surface area (Å²) in [7, 11) is 2.05. The van der Waals surface area contributed by atoms with E-state index in [2.05, 4.69) is 47.2 Å². The molecule has 4 unspecified atom stereocenters. The molecule has 3 heteroatoms. The minimum Gasteiger partial charge on any atom is -0.313 e. The summed E-state index contributed by atoms with van der Waals surface area (Å²) in [6.07, 6.45) is 3.91. The van der Waals surface area contributed by atoms with Gasteiger partial charge in [0, 0.05) is 10.5 Å². The van der Waals surface area contributed by atoms with Crippen LogP contribution in [0.2, 0.25) is 5.02 Å². The molecule has 0 aromatic heterocycles. The average Bonchev–Trinajstić information content (AvgIpc) is 2.39. The van der Waals surface area contributed by atoms with Crippen molar-refractivity contribution < 1.29 is 0 Å². The van der Waals surface area contributed by atoms with E-state index in [1.165, 1.54) is 24.8 Å². The quantitative estimate of drug-likeness (QED) is 0.770. The maximum absolute atomic E-state index is 6.46. The monoisotopic (exact) mass is 343 g/mol. The van der Waals surface area contributed by atoms with Crippen LogP contribution in [0.4, 0.5) is 0 Å². The molecular formula is C16H23BrClN. The first-order valence-corrected chi connectivity index (χ1v) is 8.32. The van der Waals surface area contributed by atoms with Gasteiger partial charge in [-0.2, -0.15) is 0 Å². The van der Waals surface area contributed by atoms with Gasteiger partial charge in [0.2, 0.25) is 0 Å². The van der Waals surface area contributed by atoms with Gasteiger partial charge in [-0.25, -0.2) is 0 Å². The molecule has 1 aliphatic rings. The fourth-order valence-electron chi connectivity index (χ4n) is 3.30. The van der Waals surface area contributed by atoms with Gasteiger partial charge >= 0.3 is 0 Å². The number of benzene rings is 1. The smallest absolute Gasteiger partial charge is 0.0595 e. The van der Waals surface area contributed by atoms with Gasteiger partial charge in [-0.3, -0.25) is 0 Å². The summed E-state index contributed by atoms with van der Waals surface area (Å²) in [5, 5.41) is 4.34. The predicted octanol–water partition coefficient (Wildman–Crippen LogP) is 5.44. The van der Waals surface area contributed by atoms with Crippen LogP contribution in [0.25, 0.3) is 0 Å². The third-order valence-corrected chi connectivity index (χ3v) is 6.05. The molecule has 106 valence electrons. The molecule has 0 bridgehead atoms. The van der Waals surface area contributed by atoms with Crippen LogP contribution in [-0.4, -0.2) is 7.05 Å². The van der Waals surface area contributed by atoms with Crippen molar-refractivity contribution in [2.24, 2.45) is 17.8 Å². The highest BCUT2D eigenvalue weighted by molar-refractivity contribution is 9.10. The second-order valence-electron chi connectivity index (χ2n) is 5.94. The number of rotatable bonds is 3. The normalized spacial score (nSPS) is 29.2. The molecule has 0 amide bonds. The van der Waals surface area contributed by atoms with Crippen LogP contribution in [0.5, 0.6) is 0 Å². The third kappa shape index (κ3) is 3.34. The summed E-state index contributed by atoms with van der Waals surface area (Å²) >= 11 is 9.99. The third-order valence-electron chi connectivity index (χ3n) is 4.74. The van der Waals surface area contributed by atoms with E-state index in [0.717, 1.165) is 21.3 Å². The van der Waals surface area contributed by atoms with Crippen LogP contribution >= 0.6 is 27.5 Å². The van der Waals surface area contributed by atoms with Crippen LogP contribution in [0.3, 0.4) is 0 Å². The first-order valence-electron chi connectivity index (χ1n) is 7.15. The van der Waals surface area contributed by atoms with Crippen molar-refractivity contribution in [3.63, 3.8) is 0 Å². The number of halogens is 2. The molecule has 0 radical (unpaired) electrons. The zero-order valence-corrected chi connectivity index (χ0v) is 14.3. The number of nitrogens with one attached hydrogen (secondary N) is 1. The van der Waals surface area contributed by atoms with Crippen molar-refractivity contribution in [2.45, 2.75) is 39.2 Å². The Bertz CT molecular complexity index is 435. The van der Waals surface area contributed by atoms with Gasteiger partial charge in [0.25, 0.3) is 0 Å². The van der Waals surface area contributed by atoms with Gasteiger partial charge in [-0.15, -0.1) is 0 Å². The van der Waals surface area contributed by atoms with E-state index in [9.17, 15) is 0 Å². The maximum atomic E-state index is 6.46. The highest BCUT2D eigenvalue weighted by Crippen LogP contribution is 2.42. The van der Waals surface area contributed by atoms with Gasteiger partial charge in [-0.05, 0) is 65.2 Å². The molecule has 1 aromatic carbocycles. The molecule has 1 fully saturated rings. The summed E-state index contributed by atoms with van der Waals surface area (Å²) < 4.78 is 0.990. The van der Waals surface area contributed by atoms with Crippen LogP contribution in [0.1, 0.15) is 44.7 Å². The molecule has 0 saturated heterocycles. The summed E-state index contributed by atoms with van der Waals surface area (Å²) in [6.45, 7) is 4.76. The molecule has 0 aliphatic heterocycles. The van der Waals surface area contributed by atoms with E-state index in [1.807, 2.05) is 13.1 Å². The Morgan fingerprint density at radius 2 is 2.00 bits per heavy atom. The molecule has 1 saturated carbocycles. The highest BCUT2D eigenvalue weighted by atomic mass is 79.9. The largest absolute Gasteiger partial charge is 0.313 e. The standard InChI is InChI=1S/C16H23BrClN/c1-10-7-8-12(9-11(10)2)16(19-3)13-5-4-6-14(17)15(13)18/h4-6,10-12,16,19H,7-9H2,1-3H3. The lowest BCUT2D eigenvalue weighted by molar-refractivity contribution is 0.175. The second-order valence-corrected chi connectivity index (χ2v) is 7.17. The molecule has 1 aliphatic carbocycles. The maximum Gasteiger partial charge on any atom is 0.0595 e. The van der Waals surface area contributed by atoms with E-state index in [-0.39, 0.29) is 0 Å². The minimum atomic E-state index is 0.361. The number of hydrogen-bond acceptors (Lipinski definition) is 1. The Morgan fingerprint density at radius 1 is 1.26 bits per heavy atom. The van der Waals surface area contributed by atoms with Crippen molar-refractivity contribution in [2.75, 3.05) is 7.05 Å². The Morgan fingerprint density at radius 3 is 2.63 bits per heavy atom. The molecule has 1 N–H and O–H groups in total. The van der Waals surface area contributed by atoms with Crippen LogP contribution in [-0.2, 0) is 0 Å². The Balaban J connectivity index is 2.22. The zero-order chi connectivity index (χ0) is 14.0. The van der Waals surface area contributed by atoms with Gasteiger partial charge in [-0.1, -0.05) is 44.0 Å². The summed E-state index contributed by atoms with van der Waals surface area (Å²) in [6, 6.07) is 6.59.